The second-order valence-corrected chi connectivity index (χ2v) is 3.72. The number of carbonyl (C=O) groups excluding carboxylic acids is 1. The van der Waals surface area contributed by atoms with Gasteiger partial charge in [-0.2, -0.15) is 13.2 Å². The monoisotopic (exact) mass is 256 g/mol. The van der Waals surface area contributed by atoms with Crippen LogP contribution in [0.4, 0.5) is 18.0 Å². The number of alkyl halides is 3. The first kappa shape index (κ1) is 16.0. The van der Waals surface area contributed by atoms with E-state index in [-0.39, 0.29) is 12.6 Å². The molecule has 2 amide bonds. The Morgan fingerprint density at radius 2 is 2.06 bits per heavy atom. The summed E-state index contributed by atoms with van der Waals surface area (Å²) in [6.45, 7) is 2.90. The van der Waals surface area contributed by atoms with Gasteiger partial charge in [0.15, 0.2) is 0 Å². The number of nitrogens with zero attached hydrogens (tertiary/aromatic N) is 1. The van der Waals surface area contributed by atoms with Crippen LogP contribution in [0.3, 0.4) is 0 Å². The summed E-state index contributed by atoms with van der Waals surface area (Å²) in [5, 5.41) is 1.85. The number of halogens is 3. The fourth-order valence-corrected chi connectivity index (χ4v) is 1.21. The van der Waals surface area contributed by atoms with Gasteiger partial charge < -0.3 is 15.0 Å². The molecule has 0 heterocycles. The van der Waals surface area contributed by atoms with Gasteiger partial charge in [0.2, 0.25) is 0 Å². The molecule has 0 saturated heterocycles. The third-order valence-electron chi connectivity index (χ3n) is 2.36. The maximum atomic E-state index is 12.0. The van der Waals surface area contributed by atoms with Crippen LogP contribution in [0, 0.1) is 0 Å². The minimum absolute atomic E-state index is 0.126. The highest BCUT2D eigenvalue weighted by molar-refractivity contribution is 5.74. The molecule has 1 unspecified atom stereocenters. The SMILES string of the molecule is CCC(C)N(CCOC)C(=O)NCC(F)(F)F. The molecule has 0 aromatic heterocycles. The van der Waals surface area contributed by atoms with Gasteiger partial charge in [-0.25, -0.2) is 4.79 Å². The zero-order valence-electron chi connectivity index (χ0n) is 10.3. The maximum absolute atomic E-state index is 12.0. The Morgan fingerprint density at radius 3 is 2.47 bits per heavy atom. The van der Waals surface area contributed by atoms with Crippen molar-refractivity contribution in [3.8, 4) is 0 Å². The second kappa shape index (κ2) is 7.37. The van der Waals surface area contributed by atoms with Gasteiger partial charge in [0.25, 0.3) is 0 Å². The van der Waals surface area contributed by atoms with Crippen molar-refractivity contribution < 1.29 is 22.7 Å². The number of hydrogen-bond acceptors (Lipinski definition) is 2. The summed E-state index contributed by atoms with van der Waals surface area (Å²) in [5.74, 6) is 0. The van der Waals surface area contributed by atoms with Crippen LogP contribution < -0.4 is 5.32 Å². The number of methoxy groups -OCH3 is 1. The van der Waals surface area contributed by atoms with Crippen LogP contribution in [0.15, 0.2) is 0 Å². The summed E-state index contributed by atoms with van der Waals surface area (Å²) in [5.41, 5.74) is 0. The molecule has 0 spiro atoms. The molecule has 17 heavy (non-hydrogen) atoms. The van der Waals surface area contributed by atoms with Gasteiger partial charge in [0.05, 0.1) is 6.61 Å². The van der Waals surface area contributed by atoms with Crippen molar-refractivity contribution >= 4 is 6.03 Å². The van der Waals surface area contributed by atoms with E-state index in [1.54, 1.807) is 6.92 Å². The molecule has 1 N–H and O–H groups in total. The van der Waals surface area contributed by atoms with Gasteiger partial charge in [-0.05, 0) is 13.3 Å². The van der Waals surface area contributed by atoms with Gasteiger partial charge in [-0.15, -0.1) is 0 Å². The fraction of sp³-hybridized carbons (Fsp3) is 0.900. The van der Waals surface area contributed by atoms with E-state index >= 15 is 0 Å². The van der Waals surface area contributed by atoms with Crippen molar-refractivity contribution in [3.63, 3.8) is 0 Å². The fourth-order valence-electron chi connectivity index (χ4n) is 1.21. The Morgan fingerprint density at radius 1 is 1.47 bits per heavy atom. The average Bonchev–Trinajstić information content (AvgIpc) is 2.25. The van der Waals surface area contributed by atoms with Gasteiger partial charge in [0.1, 0.15) is 6.54 Å². The first-order chi connectivity index (χ1) is 7.81. The van der Waals surface area contributed by atoms with Crippen LogP contribution >= 0.6 is 0 Å². The first-order valence-electron chi connectivity index (χ1n) is 5.42. The molecular formula is C10H19F3N2O2. The standard InChI is InChI=1S/C10H19F3N2O2/c1-4-8(2)15(5-6-17-3)9(16)14-7-10(11,12)13/h8H,4-7H2,1-3H3,(H,14,16). The number of ether oxygens (including phenoxy) is 1. The highest BCUT2D eigenvalue weighted by atomic mass is 19.4. The topological polar surface area (TPSA) is 41.6 Å². The van der Waals surface area contributed by atoms with E-state index in [0.29, 0.717) is 13.0 Å². The molecule has 0 aliphatic rings. The number of amides is 2. The molecule has 102 valence electrons. The summed E-state index contributed by atoms with van der Waals surface area (Å²) in [7, 11) is 1.47. The highest BCUT2D eigenvalue weighted by Gasteiger charge is 2.29. The highest BCUT2D eigenvalue weighted by Crippen LogP contribution is 2.13. The third-order valence-corrected chi connectivity index (χ3v) is 2.36. The van der Waals surface area contributed by atoms with Crippen LogP contribution in [0.25, 0.3) is 0 Å². The molecule has 1 atom stereocenters. The molecule has 0 aromatic carbocycles. The molecule has 0 bridgehead atoms. The Hall–Kier alpha value is -0.980. The number of carbonyl (C=O) groups is 1. The molecule has 7 heteroatoms. The van der Waals surface area contributed by atoms with Crippen LogP contribution in [0.5, 0.6) is 0 Å². The quantitative estimate of drug-likeness (QED) is 0.789. The van der Waals surface area contributed by atoms with E-state index in [2.05, 4.69) is 0 Å². The summed E-state index contributed by atoms with van der Waals surface area (Å²) in [6.07, 6.45) is -3.72. The van der Waals surface area contributed by atoms with Crippen LogP contribution in [-0.2, 0) is 4.74 Å². The van der Waals surface area contributed by atoms with Crippen LogP contribution in [-0.4, -0.2) is 50.0 Å². The van der Waals surface area contributed by atoms with Crippen molar-refractivity contribution in [1.29, 1.82) is 0 Å². The smallest absolute Gasteiger partial charge is 0.383 e. The second-order valence-electron chi connectivity index (χ2n) is 3.72. The van der Waals surface area contributed by atoms with E-state index in [0.717, 1.165) is 0 Å². The van der Waals surface area contributed by atoms with Crippen molar-refractivity contribution in [1.82, 2.24) is 10.2 Å². The number of rotatable bonds is 6. The van der Waals surface area contributed by atoms with Crippen molar-refractivity contribution in [2.24, 2.45) is 0 Å². The Kier molecular flexibility index (Phi) is 6.94. The molecule has 0 fully saturated rings. The zero-order chi connectivity index (χ0) is 13.5. The molecule has 0 aliphatic heterocycles. The lowest BCUT2D eigenvalue weighted by atomic mass is 10.2. The molecular weight excluding hydrogens is 237 g/mol. The normalized spacial score (nSPS) is 13.3. The van der Waals surface area contributed by atoms with E-state index in [9.17, 15) is 18.0 Å². The Bertz CT molecular complexity index is 234. The molecule has 0 aliphatic carbocycles. The largest absolute Gasteiger partial charge is 0.405 e. The molecule has 4 nitrogen and oxygen atoms in total. The Labute approximate surface area is 99.1 Å². The van der Waals surface area contributed by atoms with Crippen LogP contribution in [0.1, 0.15) is 20.3 Å². The number of hydrogen-bond donors (Lipinski definition) is 1. The molecule has 0 aromatic rings. The van der Waals surface area contributed by atoms with Crippen molar-refractivity contribution in [3.05, 3.63) is 0 Å². The summed E-state index contributed by atoms with van der Waals surface area (Å²) < 4.78 is 40.7. The van der Waals surface area contributed by atoms with E-state index in [4.69, 9.17) is 4.74 Å². The first-order valence-corrected chi connectivity index (χ1v) is 5.42. The van der Waals surface area contributed by atoms with E-state index in [1.807, 2.05) is 12.2 Å². The summed E-state index contributed by atoms with van der Waals surface area (Å²) in [4.78, 5) is 12.9. The minimum atomic E-state index is -4.39. The maximum Gasteiger partial charge on any atom is 0.405 e. The Balaban J connectivity index is 4.32. The van der Waals surface area contributed by atoms with Crippen LogP contribution in [0.2, 0.25) is 0 Å². The van der Waals surface area contributed by atoms with E-state index in [1.165, 1.54) is 12.0 Å². The lowest BCUT2D eigenvalue weighted by molar-refractivity contribution is -0.123. The molecule has 0 radical (unpaired) electrons. The predicted octanol–water partition coefficient (Wildman–Crippen LogP) is 2.01. The van der Waals surface area contributed by atoms with Gasteiger partial charge in [-0.3, -0.25) is 0 Å². The lowest BCUT2D eigenvalue weighted by Crippen LogP contribution is -2.48. The van der Waals surface area contributed by atoms with Gasteiger partial charge in [-0.1, -0.05) is 6.92 Å². The minimum Gasteiger partial charge on any atom is -0.383 e. The average molecular weight is 256 g/mol. The lowest BCUT2D eigenvalue weighted by Gasteiger charge is -2.28. The molecule has 0 rings (SSSR count). The number of urea groups is 1. The summed E-state index contributed by atoms with van der Waals surface area (Å²) in [6, 6.07) is -0.841. The van der Waals surface area contributed by atoms with Gasteiger partial charge in [0, 0.05) is 19.7 Å². The van der Waals surface area contributed by atoms with Gasteiger partial charge >= 0.3 is 12.2 Å². The third kappa shape index (κ3) is 7.04. The predicted molar refractivity (Wildman–Crippen MR) is 57.8 cm³/mol. The zero-order valence-corrected chi connectivity index (χ0v) is 10.3. The van der Waals surface area contributed by atoms with Crippen molar-refractivity contribution in [2.45, 2.75) is 32.5 Å². The number of nitrogens with one attached hydrogen (secondary N) is 1. The van der Waals surface area contributed by atoms with Crippen molar-refractivity contribution in [2.75, 3.05) is 26.8 Å². The summed E-state index contributed by atoms with van der Waals surface area (Å²) >= 11 is 0. The molecule has 0 saturated carbocycles. The van der Waals surface area contributed by atoms with E-state index < -0.39 is 18.8 Å².